The van der Waals surface area contributed by atoms with Crippen molar-refractivity contribution >= 4 is 5.97 Å². The molecule has 0 fully saturated rings. The summed E-state index contributed by atoms with van der Waals surface area (Å²) in [6.07, 6.45) is 2.97. The van der Waals surface area contributed by atoms with Crippen molar-refractivity contribution in [1.82, 2.24) is 0 Å². The molecule has 1 unspecified atom stereocenters. The van der Waals surface area contributed by atoms with E-state index in [4.69, 9.17) is 23.7 Å². The third-order valence-electron chi connectivity index (χ3n) is 6.46. The van der Waals surface area contributed by atoms with E-state index >= 15 is 0 Å². The average Bonchev–Trinajstić information content (AvgIpc) is 3.09. The molecular formula is C32H48O6. The second-order valence-corrected chi connectivity index (χ2v) is 8.96. The Balaban J connectivity index is 0.00000352. The first-order valence-corrected chi connectivity index (χ1v) is 13.6. The van der Waals surface area contributed by atoms with Crippen LogP contribution in [0.15, 0.2) is 65.3 Å². The van der Waals surface area contributed by atoms with E-state index in [1.807, 2.05) is 39.0 Å². The smallest absolute Gasteiger partial charge is 0.341 e. The molecule has 1 aromatic rings. The Morgan fingerprint density at radius 2 is 1.63 bits per heavy atom. The van der Waals surface area contributed by atoms with Crippen LogP contribution in [-0.4, -0.2) is 59.3 Å². The van der Waals surface area contributed by atoms with E-state index in [-0.39, 0.29) is 6.61 Å². The SMILES string of the molecule is C=C(C)/C=C1\C(=C)C(C)=C(CC)C1(C)c1ccc(OCCOCCOCCOC)c(C(=O)OCC)c1.CC. The summed E-state index contributed by atoms with van der Waals surface area (Å²) in [6.45, 7) is 25.7. The predicted molar refractivity (Wildman–Crippen MR) is 155 cm³/mol. The van der Waals surface area contributed by atoms with E-state index in [0.29, 0.717) is 51.0 Å². The lowest BCUT2D eigenvalue weighted by molar-refractivity contribution is 0.0178. The molecule has 1 atom stereocenters. The molecule has 6 nitrogen and oxygen atoms in total. The Kier molecular flexibility index (Phi) is 14.9. The van der Waals surface area contributed by atoms with Crippen molar-refractivity contribution in [2.24, 2.45) is 0 Å². The number of esters is 1. The fraction of sp³-hybridized carbons (Fsp3) is 0.531. The summed E-state index contributed by atoms with van der Waals surface area (Å²) in [5, 5.41) is 0. The maximum atomic E-state index is 12.9. The largest absolute Gasteiger partial charge is 0.490 e. The summed E-state index contributed by atoms with van der Waals surface area (Å²) >= 11 is 0. The molecule has 1 aromatic carbocycles. The van der Waals surface area contributed by atoms with Crippen LogP contribution in [0.25, 0.3) is 0 Å². The van der Waals surface area contributed by atoms with Crippen LogP contribution in [0.2, 0.25) is 0 Å². The molecular weight excluding hydrogens is 480 g/mol. The van der Waals surface area contributed by atoms with Crippen LogP contribution in [0.1, 0.15) is 70.8 Å². The van der Waals surface area contributed by atoms with E-state index in [2.05, 4.69) is 40.0 Å². The summed E-state index contributed by atoms with van der Waals surface area (Å²) in [7, 11) is 1.64. The van der Waals surface area contributed by atoms with Gasteiger partial charge in [-0.3, -0.25) is 0 Å². The van der Waals surface area contributed by atoms with Gasteiger partial charge in [-0.25, -0.2) is 4.79 Å². The molecule has 1 aliphatic carbocycles. The van der Waals surface area contributed by atoms with E-state index in [1.54, 1.807) is 14.0 Å². The third-order valence-corrected chi connectivity index (χ3v) is 6.46. The van der Waals surface area contributed by atoms with Crippen LogP contribution in [0.5, 0.6) is 5.75 Å². The van der Waals surface area contributed by atoms with E-state index < -0.39 is 11.4 Å². The van der Waals surface area contributed by atoms with Crippen LogP contribution >= 0.6 is 0 Å². The Hall–Kier alpha value is -2.67. The summed E-state index contributed by atoms with van der Waals surface area (Å²) in [5.41, 5.74) is 6.51. The molecule has 0 radical (unpaired) electrons. The first kappa shape index (κ1) is 33.4. The number of hydrogen-bond acceptors (Lipinski definition) is 6. The first-order valence-electron chi connectivity index (χ1n) is 13.6. The van der Waals surface area contributed by atoms with Gasteiger partial charge in [-0.1, -0.05) is 57.2 Å². The normalized spacial score (nSPS) is 17.9. The van der Waals surface area contributed by atoms with E-state index in [1.165, 1.54) is 11.1 Å². The third kappa shape index (κ3) is 8.42. The van der Waals surface area contributed by atoms with Gasteiger partial charge in [0.2, 0.25) is 0 Å². The molecule has 0 saturated heterocycles. The highest BCUT2D eigenvalue weighted by Crippen LogP contribution is 2.53. The van der Waals surface area contributed by atoms with Gasteiger partial charge in [-0.05, 0) is 68.5 Å². The highest BCUT2D eigenvalue weighted by molar-refractivity contribution is 5.93. The van der Waals surface area contributed by atoms with Gasteiger partial charge in [0.25, 0.3) is 0 Å². The van der Waals surface area contributed by atoms with E-state index in [9.17, 15) is 4.79 Å². The van der Waals surface area contributed by atoms with Gasteiger partial charge >= 0.3 is 5.97 Å². The van der Waals surface area contributed by atoms with Gasteiger partial charge < -0.3 is 23.7 Å². The topological polar surface area (TPSA) is 63.2 Å². The van der Waals surface area contributed by atoms with Crippen molar-refractivity contribution in [2.45, 2.75) is 60.3 Å². The molecule has 0 saturated carbocycles. The predicted octanol–water partition coefficient (Wildman–Crippen LogP) is 7.00. The maximum Gasteiger partial charge on any atom is 0.341 e. The van der Waals surface area contributed by atoms with Crippen molar-refractivity contribution < 1.29 is 28.5 Å². The fourth-order valence-corrected chi connectivity index (χ4v) is 4.66. The molecule has 0 aliphatic heterocycles. The molecule has 0 aromatic heterocycles. The molecule has 212 valence electrons. The van der Waals surface area contributed by atoms with Gasteiger partial charge in [0.15, 0.2) is 0 Å². The second kappa shape index (κ2) is 17.0. The minimum absolute atomic E-state index is 0.281. The Labute approximate surface area is 230 Å². The Morgan fingerprint density at radius 3 is 2.18 bits per heavy atom. The zero-order valence-electron chi connectivity index (χ0n) is 24.8. The standard InChI is InChI=1S/C30H42O6.C2H6/c1-9-26-22(5)23(6)27(19-21(3)4)30(26,7)24-11-12-28(25(20-24)29(31)35-10-2)36-18-17-34-16-15-33-14-13-32-8;1-2/h11-12,19-20H,3,6,9-10,13-18H2,1-2,4-5,7-8H3;1-2H3/b27-19+;. The number of carbonyl (C=O) groups excluding carboxylic acids is 1. The van der Waals surface area contributed by atoms with Gasteiger partial charge in [-0.15, -0.1) is 0 Å². The van der Waals surface area contributed by atoms with Crippen molar-refractivity contribution in [2.75, 3.05) is 53.4 Å². The van der Waals surface area contributed by atoms with Gasteiger partial charge in [-0.2, -0.15) is 0 Å². The number of hydrogen-bond donors (Lipinski definition) is 0. The Bertz CT molecular complexity index is 1000. The van der Waals surface area contributed by atoms with Crippen molar-refractivity contribution in [3.63, 3.8) is 0 Å². The lowest BCUT2D eigenvalue weighted by Gasteiger charge is -2.32. The molecule has 0 N–H and O–H groups in total. The zero-order valence-corrected chi connectivity index (χ0v) is 24.8. The second-order valence-electron chi connectivity index (χ2n) is 8.96. The summed E-state index contributed by atoms with van der Waals surface area (Å²) in [6, 6.07) is 5.77. The fourth-order valence-electron chi connectivity index (χ4n) is 4.66. The minimum atomic E-state index is -0.430. The molecule has 2 rings (SSSR count). The molecule has 0 bridgehead atoms. The van der Waals surface area contributed by atoms with Crippen LogP contribution in [0.3, 0.4) is 0 Å². The first-order chi connectivity index (χ1) is 18.2. The molecule has 38 heavy (non-hydrogen) atoms. The highest BCUT2D eigenvalue weighted by atomic mass is 16.6. The lowest BCUT2D eigenvalue weighted by atomic mass is 9.71. The van der Waals surface area contributed by atoms with Gasteiger partial charge in [0.1, 0.15) is 17.9 Å². The highest BCUT2D eigenvalue weighted by Gasteiger charge is 2.42. The van der Waals surface area contributed by atoms with E-state index in [0.717, 1.165) is 28.7 Å². The number of ether oxygens (including phenoxy) is 5. The summed E-state index contributed by atoms with van der Waals surface area (Å²) in [5.74, 6) is 0.0631. The number of methoxy groups -OCH3 is 1. The maximum absolute atomic E-state index is 12.9. The van der Waals surface area contributed by atoms with Crippen LogP contribution in [0.4, 0.5) is 0 Å². The summed E-state index contributed by atoms with van der Waals surface area (Å²) in [4.78, 5) is 12.9. The van der Waals surface area contributed by atoms with Gasteiger partial charge in [0.05, 0.1) is 39.6 Å². The molecule has 0 spiro atoms. The molecule has 6 heteroatoms. The average molecular weight is 529 g/mol. The van der Waals surface area contributed by atoms with Crippen molar-refractivity contribution in [3.8, 4) is 5.75 Å². The molecule has 0 heterocycles. The number of rotatable bonds is 15. The number of carbonyl (C=O) groups is 1. The van der Waals surface area contributed by atoms with Crippen molar-refractivity contribution in [1.29, 1.82) is 0 Å². The zero-order chi connectivity index (χ0) is 28.7. The quantitative estimate of drug-likeness (QED) is 0.180. The monoisotopic (exact) mass is 528 g/mol. The van der Waals surface area contributed by atoms with Gasteiger partial charge in [0, 0.05) is 12.5 Å². The van der Waals surface area contributed by atoms with Crippen molar-refractivity contribution in [3.05, 3.63) is 76.4 Å². The van der Waals surface area contributed by atoms with Crippen LogP contribution in [0, 0.1) is 0 Å². The van der Waals surface area contributed by atoms with Crippen LogP contribution < -0.4 is 4.74 Å². The minimum Gasteiger partial charge on any atom is -0.490 e. The van der Waals surface area contributed by atoms with Crippen LogP contribution in [-0.2, 0) is 24.4 Å². The Morgan fingerprint density at radius 1 is 1.03 bits per heavy atom. The molecule has 1 aliphatic rings. The molecule has 0 amide bonds. The lowest BCUT2D eigenvalue weighted by Crippen LogP contribution is -2.25. The number of allylic oxidation sites excluding steroid dienone is 6. The number of benzene rings is 1. The summed E-state index contributed by atoms with van der Waals surface area (Å²) < 4.78 is 27.2.